The highest BCUT2D eigenvalue weighted by molar-refractivity contribution is 9.10. The Morgan fingerprint density at radius 2 is 2.30 bits per heavy atom. The van der Waals surface area contributed by atoms with E-state index >= 15 is 0 Å². The third-order valence-corrected chi connectivity index (χ3v) is 5.04. The number of rotatable bonds is 6. The predicted molar refractivity (Wildman–Crippen MR) is 83.3 cm³/mol. The Hall–Kier alpha value is -0.430. The summed E-state index contributed by atoms with van der Waals surface area (Å²) in [7, 11) is 0. The number of halogens is 1. The van der Waals surface area contributed by atoms with E-state index in [1.807, 2.05) is 0 Å². The first-order valence-electron chi connectivity index (χ1n) is 7.42. The van der Waals surface area contributed by atoms with Crippen LogP contribution < -0.4 is 11.3 Å². The molecule has 114 valence electrons. The second-order valence-electron chi connectivity index (χ2n) is 5.49. The van der Waals surface area contributed by atoms with Crippen molar-refractivity contribution in [2.45, 2.75) is 58.7 Å². The molecular formula is C14H25BrN4O. The SMILES string of the molecule is CCc1nn(CC)c(CC(NN)C2COC(C)C2)c1Br. The van der Waals surface area contributed by atoms with Crippen molar-refractivity contribution in [1.82, 2.24) is 15.2 Å². The molecule has 2 heterocycles. The molecule has 20 heavy (non-hydrogen) atoms. The van der Waals surface area contributed by atoms with Gasteiger partial charge in [-0.3, -0.25) is 16.0 Å². The lowest BCUT2D eigenvalue weighted by molar-refractivity contribution is 0.116. The van der Waals surface area contributed by atoms with Gasteiger partial charge >= 0.3 is 0 Å². The summed E-state index contributed by atoms with van der Waals surface area (Å²) >= 11 is 3.70. The molecule has 0 spiro atoms. The van der Waals surface area contributed by atoms with Crippen molar-refractivity contribution >= 4 is 15.9 Å². The predicted octanol–water partition coefficient (Wildman–Crippen LogP) is 2.03. The molecule has 1 saturated heterocycles. The van der Waals surface area contributed by atoms with Gasteiger partial charge in [0.1, 0.15) is 0 Å². The molecular weight excluding hydrogens is 320 g/mol. The largest absolute Gasteiger partial charge is 0.378 e. The van der Waals surface area contributed by atoms with E-state index in [4.69, 9.17) is 10.6 Å². The van der Waals surface area contributed by atoms with E-state index in [0.29, 0.717) is 12.0 Å². The fraction of sp³-hybridized carbons (Fsp3) is 0.786. The van der Waals surface area contributed by atoms with Gasteiger partial charge in [0, 0.05) is 24.9 Å². The van der Waals surface area contributed by atoms with Crippen LogP contribution in [0.2, 0.25) is 0 Å². The topological polar surface area (TPSA) is 65.1 Å². The van der Waals surface area contributed by atoms with Crippen LogP contribution in [0.5, 0.6) is 0 Å². The van der Waals surface area contributed by atoms with Crippen LogP contribution in [0.15, 0.2) is 4.47 Å². The zero-order valence-electron chi connectivity index (χ0n) is 12.5. The van der Waals surface area contributed by atoms with Crippen molar-refractivity contribution in [2.24, 2.45) is 11.8 Å². The number of aromatic nitrogens is 2. The minimum atomic E-state index is 0.225. The fourth-order valence-corrected chi connectivity index (χ4v) is 3.64. The van der Waals surface area contributed by atoms with Crippen LogP contribution in [0.1, 0.15) is 38.6 Å². The Labute approximate surface area is 129 Å². The third kappa shape index (κ3) is 3.24. The van der Waals surface area contributed by atoms with Crippen LogP contribution in [0.25, 0.3) is 0 Å². The highest BCUT2D eigenvalue weighted by Crippen LogP contribution is 2.28. The average molecular weight is 345 g/mol. The fourth-order valence-electron chi connectivity index (χ4n) is 2.91. The standard InChI is InChI=1S/C14H25BrN4O/c1-4-11-14(15)13(19(5-2)18-11)7-12(17-16)10-6-9(3)20-8-10/h9-10,12,17H,4-8,16H2,1-3H3. The molecule has 0 amide bonds. The Balaban J connectivity index is 2.16. The van der Waals surface area contributed by atoms with Crippen LogP contribution >= 0.6 is 15.9 Å². The number of nitrogens with zero attached hydrogens (tertiary/aromatic N) is 2. The molecule has 0 bridgehead atoms. The van der Waals surface area contributed by atoms with E-state index in [1.165, 1.54) is 5.69 Å². The summed E-state index contributed by atoms with van der Waals surface area (Å²) < 4.78 is 8.88. The summed E-state index contributed by atoms with van der Waals surface area (Å²) in [6.45, 7) is 8.03. The van der Waals surface area contributed by atoms with Crippen LogP contribution in [-0.4, -0.2) is 28.5 Å². The van der Waals surface area contributed by atoms with E-state index < -0.39 is 0 Å². The van der Waals surface area contributed by atoms with E-state index in [9.17, 15) is 0 Å². The van der Waals surface area contributed by atoms with Crippen molar-refractivity contribution < 1.29 is 4.74 Å². The van der Waals surface area contributed by atoms with Crippen molar-refractivity contribution in [3.05, 3.63) is 15.9 Å². The number of nitrogens with one attached hydrogen (secondary N) is 1. The molecule has 5 nitrogen and oxygen atoms in total. The maximum Gasteiger partial charge on any atom is 0.0766 e. The molecule has 1 aromatic rings. The molecule has 0 aromatic carbocycles. The average Bonchev–Trinajstić information content (AvgIpc) is 3.00. The quantitative estimate of drug-likeness (QED) is 0.612. The molecule has 3 atom stereocenters. The van der Waals surface area contributed by atoms with E-state index in [1.54, 1.807) is 0 Å². The lowest BCUT2D eigenvalue weighted by Gasteiger charge is -2.22. The van der Waals surface area contributed by atoms with Crippen LogP contribution in [0.3, 0.4) is 0 Å². The van der Waals surface area contributed by atoms with Crippen LogP contribution in [-0.2, 0) is 24.1 Å². The van der Waals surface area contributed by atoms with Gasteiger partial charge in [0.15, 0.2) is 0 Å². The molecule has 3 unspecified atom stereocenters. The minimum Gasteiger partial charge on any atom is -0.378 e. The molecule has 1 aliphatic rings. The summed E-state index contributed by atoms with van der Waals surface area (Å²) in [6, 6.07) is 0.225. The van der Waals surface area contributed by atoms with Gasteiger partial charge in [-0.15, -0.1) is 0 Å². The molecule has 3 N–H and O–H groups in total. The van der Waals surface area contributed by atoms with Gasteiger partial charge in [-0.1, -0.05) is 6.92 Å². The highest BCUT2D eigenvalue weighted by Gasteiger charge is 2.30. The maximum atomic E-state index is 5.78. The van der Waals surface area contributed by atoms with Gasteiger partial charge in [-0.05, 0) is 42.6 Å². The summed E-state index contributed by atoms with van der Waals surface area (Å²) in [5, 5.41) is 4.65. The van der Waals surface area contributed by atoms with Crippen molar-refractivity contribution in [1.29, 1.82) is 0 Å². The number of nitrogens with two attached hydrogens (primary N) is 1. The summed E-state index contributed by atoms with van der Waals surface area (Å²) in [5.41, 5.74) is 5.32. The Bertz CT molecular complexity index is 449. The third-order valence-electron chi connectivity index (χ3n) is 4.12. The number of hydrazine groups is 1. The van der Waals surface area contributed by atoms with Gasteiger partial charge in [-0.25, -0.2) is 0 Å². The van der Waals surface area contributed by atoms with Gasteiger partial charge in [-0.2, -0.15) is 5.10 Å². The first kappa shape index (κ1) is 15.9. The van der Waals surface area contributed by atoms with Crippen LogP contribution in [0, 0.1) is 5.92 Å². The lowest BCUT2D eigenvalue weighted by Crippen LogP contribution is -2.43. The van der Waals surface area contributed by atoms with Gasteiger partial charge in [0.25, 0.3) is 0 Å². The molecule has 1 fully saturated rings. The second-order valence-corrected chi connectivity index (χ2v) is 6.29. The Morgan fingerprint density at radius 1 is 1.55 bits per heavy atom. The summed E-state index contributed by atoms with van der Waals surface area (Å²) in [6.07, 6.45) is 3.21. The molecule has 0 radical (unpaired) electrons. The molecule has 1 aliphatic heterocycles. The zero-order chi connectivity index (χ0) is 14.7. The second kappa shape index (κ2) is 7.02. The lowest BCUT2D eigenvalue weighted by atomic mass is 9.93. The van der Waals surface area contributed by atoms with Gasteiger partial charge in [0.05, 0.1) is 28.6 Å². The molecule has 2 rings (SSSR count). The van der Waals surface area contributed by atoms with Crippen LogP contribution in [0.4, 0.5) is 0 Å². The molecule has 0 aliphatic carbocycles. The van der Waals surface area contributed by atoms with Gasteiger partial charge < -0.3 is 4.74 Å². The van der Waals surface area contributed by atoms with Crippen molar-refractivity contribution in [3.63, 3.8) is 0 Å². The first-order valence-corrected chi connectivity index (χ1v) is 8.21. The van der Waals surface area contributed by atoms with Crippen molar-refractivity contribution in [2.75, 3.05) is 6.61 Å². The summed E-state index contributed by atoms with van der Waals surface area (Å²) in [5.74, 6) is 6.24. The monoisotopic (exact) mass is 344 g/mol. The van der Waals surface area contributed by atoms with E-state index in [0.717, 1.165) is 42.6 Å². The Kier molecular flexibility index (Phi) is 5.60. The number of hydrogen-bond acceptors (Lipinski definition) is 4. The highest BCUT2D eigenvalue weighted by atomic mass is 79.9. The van der Waals surface area contributed by atoms with Gasteiger partial charge in [0.2, 0.25) is 0 Å². The molecule has 0 saturated carbocycles. The minimum absolute atomic E-state index is 0.225. The number of aryl methyl sites for hydroxylation is 2. The molecule has 6 heteroatoms. The number of hydrogen-bond donors (Lipinski definition) is 2. The summed E-state index contributed by atoms with van der Waals surface area (Å²) in [4.78, 5) is 0. The molecule has 1 aromatic heterocycles. The number of ether oxygens (including phenoxy) is 1. The Morgan fingerprint density at radius 3 is 2.80 bits per heavy atom. The van der Waals surface area contributed by atoms with Crippen molar-refractivity contribution in [3.8, 4) is 0 Å². The zero-order valence-corrected chi connectivity index (χ0v) is 14.1. The first-order chi connectivity index (χ1) is 9.60. The smallest absolute Gasteiger partial charge is 0.0766 e. The van der Waals surface area contributed by atoms with E-state index in [2.05, 4.69) is 51.9 Å². The maximum absolute atomic E-state index is 5.78. The van der Waals surface area contributed by atoms with E-state index in [-0.39, 0.29) is 6.04 Å². The normalized spacial score (nSPS) is 24.2.